The lowest BCUT2D eigenvalue weighted by Gasteiger charge is -2.12. The van der Waals surface area contributed by atoms with E-state index in [9.17, 15) is 0 Å². The van der Waals surface area contributed by atoms with Gasteiger partial charge in [0.05, 0.1) is 0 Å². The van der Waals surface area contributed by atoms with Crippen molar-refractivity contribution in [2.24, 2.45) is 0 Å². The Morgan fingerprint density at radius 2 is 1.79 bits per heavy atom. The first-order valence-electron chi connectivity index (χ1n) is 5.51. The summed E-state index contributed by atoms with van der Waals surface area (Å²) < 4.78 is 2.46. The molecule has 0 bridgehead atoms. The third-order valence-corrected chi connectivity index (χ3v) is 3.35. The first kappa shape index (κ1) is 8.10. The van der Waals surface area contributed by atoms with E-state index >= 15 is 0 Å². The molecule has 0 spiro atoms. The van der Waals surface area contributed by atoms with Gasteiger partial charge in [0.1, 0.15) is 0 Å². The fourth-order valence-electron chi connectivity index (χ4n) is 2.61. The van der Waals surface area contributed by atoms with Gasteiger partial charge in [-0.05, 0) is 30.4 Å². The maximum Gasteiger partial charge on any atom is 0.0482 e. The molecule has 2 aromatic rings. The number of hydrogen-bond donors (Lipinski definition) is 0. The molecule has 0 radical (unpaired) electrons. The second kappa shape index (κ2) is 3.16. The zero-order chi connectivity index (χ0) is 9.38. The van der Waals surface area contributed by atoms with E-state index in [-0.39, 0.29) is 0 Å². The van der Waals surface area contributed by atoms with E-state index in [4.69, 9.17) is 0 Å². The van der Waals surface area contributed by atoms with Crippen molar-refractivity contribution in [3.63, 3.8) is 0 Å². The monoisotopic (exact) mass is 185 g/mol. The molecule has 1 aromatic carbocycles. The molecular weight excluding hydrogens is 170 g/mol. The minimum Gasteiger partial charge on any atom is -0.344 e. The summed E-state index contributed by atoms with van der Waals surface area (Å²) in [5.74, 6) is 0. The van der Waals surface area contributed by atoms with Crippen molar-refractivity contribution >= 4 is 10.9 Å². The van der Waals surface area contributed by atoms with Crippen LogP contribution in [-0.2, 0) is 0 Å². The average molecular weight is 185 g/mol. The molecule has 0 unspecified atom stereocenters. The summed E-state index contributed by atoms with van der Waals surface area (Å²) in [6, 6.07) is 11.7. The zero-order valence-electron chi connectivity index (χ0n) is 8.32. The van der Waals surface area contributed by atoms with Crippen molar-refractivity contribution in [2.45, 2.75) is 31.7 Å². The van der Waals surface area contributed by atoms with E-state index in [0.29, 0.717) is 0 Å². The van der Waals surface area contributed by atoms with Gasteiger partial charge < -0.3 is 4.57 Å². The summed E-state index contributed by atoms with van der Waals surface area (Å²) >= 11 is 0. The van der Waals surface area contributed by atoms with Crippen LogP contribution in [0.2, 0.25) is 0 Å². The summed E-state index contributed by atoms with van der Waals surface area (Å²) in [7, 11) is 0. The maximum atomic E-state index is 2.46. The Kier molecular flexibility index (Phi) is 1.83. The molecular formula is C13H15N. The number of benzene rings is 1. The number of rotatable bonds is 1. The minimum absolute atomic E-state index is 0.759. The molecule has 1 aliphatic carbocycles. The van der Waals surface area contributed by atoms with Crippen LogP contribution < -0.4 is 0 Å². The number of para-hydroxylation sites is 1. The van der Waals surface area contributed by atoms with Crippen LogP contribution in [0, 0.1) is 0 Å². The third kappa shape index (κ3) is 1.16. The van der Waals surface area contributed by atoms with Crippen LogP contribution >= 0.6 is 0 Å². The maximum absolute atomic E-state index is 2.46. The molecule has 0 saturated heterocycles. The van der Waals surface area contributed by atoms with Crippen LogP contribution in [0.15, 0.2) is 36.5 Å². The minimum atomic E-state index is 0.759. The van der Waals surface area contributed by atoms with Crippen molar-refractivity contribution < 1.29 is 0 Å². The van der Waals surface area contributed by atoms with Crippen LogP contribution in [0.4, 0.5) is 0 Å². The SMILES string of the molecule is c1ccc2c(c1)ccn2C1CCCC1. The highest BCUT2D eigenvalue weighted by Crippen LogP contribution is 2.32. The molecule has 72 valence electrons. The fourth-order valence-corrected chi connectivity index (χ4v) is 2.61. The fraction of sp³-hybridized carbons (Fsp3) is 0.385. The highest BCUT2D eigenvalue weighted by atomic mass is 15.0. The summed E-state index contributed by atoms with van der Waals surface area (Å²) in [6.45, 7) is 0. The predicted octanol–water partition coefficient (Wildman–Crippen LogP) is 3.76. The molecule has 1 heteroatoms. The van der Waals surface area contributed by atoms with Crippen molar-refractivity contribution in [3.05, 3.63) is 36.5 Å². The third-order valence-electron chi connectivity index (χ3n) is 3.35. The first-order chi connectivity index (χ1) is 6.95. The summed E-state index contributed by atoms with van der Waals surface area (Å²) in [4.78, 5) is 0. The summed E-state index contributed by atoms with van der Waals surface area (Å²) in [5, 5.41) is 1.37. The van der Waals surface area contributed by atoms with E-state index in [1.165, 1.54) is 36.6 Å². The topological polar surface area (TPSA) is 4.93 Å². The van der Waals surface area contributed by atoms with Crippen LogP contribution in [0.5, 0.6) is 0 Å². The van der Waals surface area contributed by atoms with Crippen LogP contribution in [0.25, 0.3) is 10.9 Å². The molecule has 1 fully saturated rings. The Bertz CT molecular complexity index is 435. The summed E-state index contributed by atoms with van der Waals surface area (Å²) in [5.41, 5.74) is 1.40. The van der Waals surface area contributed by atoms with Gasteiger partial charge in [0, 0.05) is 17.8 Å². The van der Waals surface area contributed by atoms with E-state index in [2.05, 4.69) is 41.1 Å². The molecule has 3 rings (SSSR count). The zero-order valence-corrected chi connectivity index (χ0v) is 8.32. The van der Waals surface area contributed by atoms with Crippen LogP contribution in [0.3, 0.4) is 0 Å². The molecule has 1 heterocycles. The number of aromatic nitrogens is 1. The van der Waals surface area contributed by atoms with Crippen molar-refractivity contribution in [3.8, 4) is 0 Å². The average Bonchev–Trinajstić information content (AvgIpc) is 2.85. The van der Waals surface area contributed by atoms with Crippen LogP contribution in [-0.4, -0.2) is 4.57 Å². The van der Waals surface area contributed by atoms with Gasteiger partial charge in [0.15, 0.2) is 0 Å². The van der Waals surface area contributed by atoms with Crippen molar-refractivity contribution in [2.75, 3.05) is 0 Å². The van der Waals surface area contributed by atoms with Gasteiger partial charge in [-0.15, -0.1) is 0 Å². The lowest BCUT2D eigenvalue weighted by Crippen LogP contribution is -2.01. The molecule has 1 aliphatic rings. The molecule has 1 aromatic heterocycles. The highest BCUT2D eigenvalue weighted by molar-refractivity contribution is 5.80. The smallest absolute Gasteiger partial charge is 0.0482 e. The van der Waals surface area contributed by atoms with Crippen molar-refractivity contribution in [1.29, 1.82) is 0 Å². The first-order valence-corrected chi connectivity index (χ1v) is 5.51. The molecule has 0 aliphatic heterocycles. The van der Waals surface area contributed by atoms with Gasteiger partial charge in [0.25, 0.3) is 0 Å². The Hall–Kier alpha value is -1.24. The van der Waals surface area contributed by atoms with Crippen molar-refractivity contribution in [1.82, 2.24) is 4.57 Å². The Labute approximate surface area is 84.4 Å². The van der Waals surface area contributed by atoms with E-state index in [0.717, 1.165) is 6.04 Å². The highest BCUT2D eigenvalue weighted by Gasteiger charge is 2.17. The lowest BCUT2D eigenvalue weighted by molar-refractivity contribution is 0.536. The standard InChI is InChI=1S/C13H15N/c1-4-8-13-11(5-1)9-10-14(13)12-6-2-3-7-12/h1,4-5,8-10,12H,2-3,6-7H2. The van der Waals surface area contributed by atoms with E-state index < -0.39 is 0 Å². The Morgan fingerprint density at radius 1 is 1.00 bits per heavy atom. The predicted molar refractivity (Wildman–Crippen MR) is 59.4 cm³/mol. The number of fused-ring (bicyclic) bond motifs is 1. The molecule has 1 saturated carbocycles. The molecule has 1 nitrogen and oxygen atoms in total. The Morgan fingerprint density at radius 3 is 2.64 bits per heavy atom. The van der Waals surface area contributed by atoms with E-state index in [1.807, 2.05) is 0 Å². The second-order valence-corrected chi connectivity index (χ2v) is 4.22. The molecule has 0 amide bonds. The largest absolute Gasteiger partial charge is 0.344 e. The molecule has 0 atom stereocenters. The van der Waals surface area contributed by atoms with Gasteiger partial charge >= 0.3 is 0 Å². The normalized spacial score (nSPS) is 18.0. The second-order valence-electron chi connectivity index (χ2n) is 4.22. The Balaban J connectivity index is 2.11. The van der Waals surface area contributed by atoms with Gasteiger partial charge in [-0.1, -0.05) is 31.0 Å². The number of hydrogen-bond acceptors (Lipinski definition) is 0. The lowest BCUT2D eigenvalue weighted by atomic mass is 10.2. The van der Waals surface area contributed by atoms with Gasteiger partial charge in [-0.2, -0.15) is 0 Å². The van der Waals surface area contributed by atoms with Gasteiger partial charge in [-0.25, -0.2) is 0 Å². The van der Waals surface area contributed by atoms with Gasteiger partial charge in [-0.3, -0.25) is 0 Å². The molecule has 0 N–H and O–H groups in total. The van der Waals surface area contributed by atoms with Gasteiger partial charge in [0.2, 0.25) is 0 Å². The quantitative estimate of drug-likeness (QED) is 0.637. The number of nitrogens with zero attached hydrogens (tertiary/aromatic N) is 1. The van der Waals surface area contributed by atoms with E-state index in [1.54, 1.807) is 0 Å². The van der Waals surface area contributed by atoms with Crippen LogP contribution in [0.1, 0.15) is 31.7 Å². The molecule has 14 heavy (non-hydrogen) atoms. The summed E-state index contributed by atoms with van der Waals surface area (Å²) in [6.07, 6.45) is 7.77.